The van der Waals surface area contributed by atoms with Gasteiger partial charge < -0.3 is 37.9 Å². The molecule has 2 aliphatic heterocycles. The Morgan fingerprint density at radius 1 is 0.700 bits per heavy atom. The molecule has 0 aromatic heterocycles. The summed E-state index contributed by atoms with van der Waals surface area (Å²) in [5, 5.41) is 0. The van der Waals surface area contributed by atoms with Crippen molar-refractivity contribution < 1.29 is 47.5 Å². The zero-order valence-electron chi connectivity index (χ0n) is 22.9. The lowest BCUT2D eigenvalue weighted by atomic mass is 9.84. The van der Waals surface area contributed by atoms with Gasteiger partial charge in [0, 0.05) is 34.7 Å². The maximum absolute atomic E-state index is 13.5. The molecule has 3 aromatic rings. The Morgan fingerprint density at radius 2 is 1.27 bits per heavy atom. The lowest BCUT2D eigenvalue weighted by molar-refractivity contribution is -0.135. The van der Waals surface area contributed by atoms with Gasteiger partial charge in [0.15, 0.2) is 28.8 Å². The molecule has 2 aliphatic rings. The molecule has 40 heavy (non-hydrogen) atoms. The molecule has 10 nitrogen and oxygen atoms in total. The van der Waals surface area contributed by atoms with Crippen LogP contribution in [0.2, 0.25) is 0 Å². The first-order chi connectivity index (χ1) is 19.4. The van der Waals surface area contributed by atoms with Crippen molar-refractivity contribution in [3.05, 3.63) is 64.4 Å². The third kappa shape index (κ3) is 4.41. The zero-order valence-corrected chi connectivity index (χ0v) is 22.9. The molecular weight excluding hydrogens is 520 g/mol. The van der Waals surface area contributed by atoms with Crippen molar-refractivity contribution in [2.75, 3.05) is 42.7 Å². The van der Waals surface area contributed by atoms with Crippen molar-refractivity contribution in [3.8, 4) is 46.0 Å². The van der Waals surface area contributed by atoms with Crippen molar-refractivity contribution in [2.24, 2.45) is 0 Å². The van der Waals surface area contributed by atoms with E-state index in [0.717, 1.165) is 0 Å². The minimum atomic E-state index is -0.552. The van der Waals surface area contributed by atoms with E-state index in [4.69, 9.17) is 37.9 Å². The first-order valence-electron chi connectivity index (χ1n) is 12.3. The molecular formula is C30H28O10. The maximum atomic E-state index is 13.5. The minimum absolute atomic E-state index is 0.00457. The Balaban J connectivity index is 1.64. The standard InChI is InChI=1S/C30H28O10/c1-33-20-13-24(37-5)22(35-3)9-15(20)10-26-29(32)16-7-8-19-28(30(16)40-26)18(12-27(31)39-19)17-11-23(36-4)25(38-6)14-21(17)34-2/h7-11,13-14,18H,12H2,1-6H3. The van der Waals surface area contributed by atoms with Gasteiger partial charge in [-0.3, -0.25) is 9.59 Å². The van der Waals surface area contributed by atoms with Gasteiger partial charge in [0.25, 0.3) is 0 Å². The monoisotopic (exact) mass is 548 g/mol. The largest absolute Gasteiger partial charge is 0.496 e. The van der Waals surface area contributed by atoms with Crippen LogP contribution < -0.4 is 37.9 Å². The fraction of sp³-hybridized carbons (Fsp3) is 0.267. The number of hydrogen-bond donors (Lipinski definition) is 0. The highest BCUT2D eigenvalue weighted by molar-refractivity contribution is 6.15. The third-order valence-corrected chi connectivity index (χ3v) is 6.91. The van der Waals surface area contributed by atoms with Crippen LogP contribution in [-0.2, 0) is 4.79 Å². The summed E-state index contributed by atoms with van der Waals surface area (Å²) < 4.78 is 44.7. The molecule has 0 bridgehead atoms. The number of methoxy groups -OCH3 is 6. The van der Waals surface area contributed by atoms with E-state index in [1.165, 1.54) is 42.7 Å². The molecule has 10 heteroatoms. The zero-order chi connectivity index (χ0) is 28.6. The van der Waals surface area contributed by atoms with E-state index < -0.39 is 11.9 Å². The Hall–Kier alpha value is -4.86. The van der Waals surface area contributed by atoms with E-state index in [1.54, 1.807) is 42.5 Å². The minimum Gasteiger partial charge on any atom is -0.496 e. The van der Waals surface area contributed by atoms with Crippen LogP contribution in [-0.4, -0.2) is 54.4 Å². The van der Waals surface area contributed by atoms with Gasteiger partial charge in [-0.2, -0.15) is 0 Å². The molecule has 0 N–H and O–H groups in total. The second-order valence-electron chi connectivity index (χ2n) is 8.92. The van der Waals surface area contributed by atoms with Crippen LogP contribution >= 0.6 is 0 Å². The van der Waals surface area contributed by atoms with Crippen molar-refractivity contribution in [3.63, 3.8) is 0 Å². The van der Waals surface area contributed by atoms with Gasteiger partial charge in [0.2, 0.25) is 5.78 Å². The molecule has 0 radical (unpaired) electrons. The average molecular weight is 549 g/mol. The molecule has 0 amide bonds. The predicted molar refractivity (Wildman–Crippen MR) is 144 cm³/mol. The van der Waals surface area contributed by atoms with Gasteiger partial charge in [-0.1, -0.05) is 0 Å². The lowest BCUT2D eigenvalue weighted by Gasteiger charge is -2.28. The fourth-order valence-corrected chi connectivity index (χ4v) is 5.00. The van der Waals surface area contributed by atoms with E-state index >= 15 is 0 Å². The van der Waals surface area contributed by atoms with Crippen LogP contribution in [0.3, 0.4) is 0 Å². The number of esters is 1. The SMILES string of the molecule is COc1cc(OC)c(OC)cc1C=C1Oc2c(ccc3c2C(c2cc(OC)c(OC)cc2OC)CC(=O)O3)C1=O. The second kappa shape index (κ2) is 10.7. The average Bonchev–Trinajstić information content (AvgIpc) is 3.29. The van der Waals surface area contributed by atoms with E-state index in [9.17, 15) is 9.59 Å². The highest BCUT2D eigenvalue weighted by Crippen LogP contribution is 2.52. The van der Waals surface area contributed by atoms with E-state index in [1.807, 2.05) is 0 Å². The Kier molecular flexibility index (Phi) is 7.17. The summed E-state index contributed by atoms with van der Waals surface area (Å²) in [6.45, 7) is 0. The molecule has 1 atom stereocenters. The van der Waals surface area contributed by atoms with E-state index in [2.05, 4.69) is 0 Å². The maximum Gasteiger partial charge on any atom is 0.312 e. The number of fused-ring (bicyclic) bond motifs is 3. The first kappa shape index (κ1) is 26.7. The van der Waals surface area contributed by atoms with Crippen molar-refractivity contribution in [1.82, 2.24) is 0 Å². The molecule has 0 fully saturated rings. The number of Topliss-reactive ketones (excluding diaryl/α,β-unsaturated/α-hetero) is 1. The summed E-state index contributed by atoms with van der Waals surface area (Å²) in [5.74, 6) is 2.19. The molecule has 1 unspecified atom stereocenters. The Bertz CT molecular complexity index is 1540. The van der Waals surface area contributed by atoms with Crippen molar-refractivity contribution >= 4 is 17.8 Å². The predicted octanol–water partition coefficient (Wildman–Crippen LogP) is 4.80. The first-order valence-corrected chi connectivity index (χ1v) is 12.3. The van der Waals surface area contributed by atoms with Gasteiger partial charge in [-0.25, -0.2) is 0 Å². The molecule has 0 saturated carbocycles. The second-order valence-corrected chi connectivity index (χ2v) is 8.92. The van der Waals surface area contributed by atoms with Gasteiger partial charge in [0.05, 0.1) is 54.6 Å². The molecule has 2 heterocycles. The smallest absolute Gasteiger partial charge is 0.312 e. The molecule has 0 saturated heterocycles. The van der Waals surface area contributed by atoms with Gasteiger partial charge in [-0.15, -0.1) is 0 Å². The third-order valence-electron chi connectivity index (χ3n) is 6.91. The summed E-state index contributed by atoms with van der Waals surface area (Å²) in [6, 6.07) is 10.00. The molecule has 0 aliphatic carbocycles. The van der Waals surface area contributed by atoms with Crippen LogP contribution in [0.5, 0.6) is 46.0 Å². The van der Waals surface area contributed by atoms with Crippen LogP contribution in [0.15, 0.2) is 42.2 Å². The summed E-state index contributed by atoms with van der Waals surface area (Å²) in [4.78, 5) is 26.2. The number of carbonyl (C=O) groups is 2. The summed E-state index contributed by atoms with van der Waals surface area (Å²) in [5.41, 5.74) is 2.10. The molecule has 3 aromatic carbocycles. The topological polar surface area (TPSA) is 108 Å². The summed E-state index contributed by atoms with van der Waals surface area (Å²) >= 11 is 0. The number of ketones is 1. The van der Waals surface area contributed by atoms with Crippen LogP contribution in [0.4, 0.5) is 0 Å². The summed E-state index contributed by atoms with van der Waals surface area (Å²) in [6.07, 6.45) is 1.58. The number of rotatable bonds is 8. The lowest BCUT2D eigenvalue weighted by Crippen LogP contribution is -2.22. The summed E-state index contributed by atoms with van der Waals surface area (Å²) in [7, 11) is 9.13. The number of hydrogen-bond acceptors (Lipinski definition) is 10. The van der Waals surface area contributed by atoms with Crippen LogP contribution in [0.1, 0.15) is 39.4 Å². The highest BCUT2D eigenvalue weighted by Gasteiger charge is 2.40. The van der Waals surface area contributed by atoms with Gasteiger partial charge >= 0.3 is 5.97 Å². The van der Waals surface area contributed by atoms with Crippen LogP contribution in [0, 0.1) is 0 Å². The quantitative estimate of drug-likeness (QED) is 0.221. The molecule has 5 rings (SSSR count). The fourth-order valence-electron chi connectivity index (χ4n) is 5.00. The molecule has 208 valence electrons. The Morgan fingerprint density at radius 3 is 1.90 bits per heavy atom. The normalized spacial score (nSPS) is 16.4. The van der Waals surface area contributed by atoms with Gasteiger partial charge in [0.1, 0.15) is 23.0 Å². The van der Waals surface area contributed by atoms with Crippen LogP contribution in [0.25, 0.3) is 6.08 Å². The molecule has 0 spiro atoms. The van der Waals surface area contributed by atoms with Crippen molar-refractivity contribution in [1.29, 1.82) is 0 Å². The number of allylic oxidation sites excluding steroid dienone is 1. The van der Waals surface area contributed by atoms with E-state index in [0.29, 0.717) is 68.2 Å². The number of carbonyl (C=O) groups excluding carboxylic acids is 2. The number of benzene rings is 3. The number of ether oxygens (including phenoxy) is 8. The van der Waals surface area contributed by atoms with Gasteiger partial charge in [-0.05, 0) is 30.3 Å². The highest BCUT2D eigenvalue weighted by atomic mass is 16.5. The Labute approximate surface area is 230 Å². The van der Waals surface area contributed by atoms with E-state index in [-0.39, 0.29) is 18.0 Å². The van der Waals surface area contributed by atoms with Crippen molar-refractivity contribution in [2.45, 2.75) is 12.3 Å².